The molecule has 6 nitrogen and oxygen atoms in total. The van der Waals surface area contributed by atoms with Gasteiger partial charge in [0.1, 0.15) is 11.5 Å². The topological polar surface area (TPSA) is 80.9 Å². The van der Waals surface area contributed by atoms with Crippen molar-refractivity contribution in [2.24, 2.45) is 0 Å². The number of benzene rings is 1. The Labute approximate surface area is 128 Å². The highest BCUT2D eigenvalue weighted by Crippen LogP contribution is 2.28. The lowest BCUT2D eigenvalue weighted by atomic mass is 10.1. The van der Waals surface area contributed by atoms with Crippen molar-refractivity contribution in [3.05, 3.63) is 46.3 Å². The minimum absolute atomic E-state index is 0.209. The van der Waals surface area contributed by atoms with Crippen LogP contribution in [0.3, 0.4) is 0 Å². The number of aromatic nitrogens is 4. The molecule has 1 aromatic carbocycles. The first-order valence-electron chi connectivity index (χ1n) is 6.36. The molecule has 2 aromatic heterocycles. The third-order valence-corrected chi connectivity index (χ3v) is 4.22. The van der Waals surface area contributed by atoms with Crippen LogP contribution in [0, 0.1) is 19.7 Å². The molecular formula is C14H11FN4O2S. The van der Waals surface area contributed by atoms with E-state index in [1.165, 1.54) is 34.2 Å². The minimum atomic E-state index is -1.23. The van der Waals surface area contributed by atoms with Gasteiger partial charge in [0, 0.05) is 10.4 Å². The first-order valence-corrected chi connectivity index (χ1v) is 7.18. The van der Waals surface area contributed by atoms with Crippen LogP contribution < -0.4 is 0 Å². The number of carbonyl (C=O) groups is 1. The van der Waals surface area contributed by atoms with Crippen LogP contribution in [0.2, 0.25) is 0 Å². The molecule has 0 atom stereocenters. The van der Waals surface area contributed by atoms with Crippen LogP contribution in [0.4, 0.5) is 4.39 Å². The molecule has 0 radical (unpaired) electrons. The van der Waals surface area contributed by atoms with E-state index >= 15 is 0 Å². The molecule has 22 heavy (non-hydrogen) atoms. The van der Waals surface area contributed by atoms with Gasteiger partial charge in [-0.05, 0) is 26.0 Å². The fraction of sp³-hybridized carbons (Fsp3) is 0.143. The number of thiazole rings is 1. The highest BCUT2D eigenvalue weighted by molar-refractivity contribution is 7.14. The molecule has 2 heterocycles. The predicted octanol–water partition coefficient (Wildman–Crippen LogP) is 2.84. The van der Waals surface area contributed by atoms with Gasteiger partial charge in [-0.25, -0.2) is 14.2 Å². The van der Waals surface area contributed by atoms with E-state index in [0.717, 1.165) is 10.6 Å². The van der Waals surface area contributed by atoms with Gasteiger partial charge in [0.15, 0.2) is 5.69 Å². The fourth-order valence-corrected chi connectivity index (χ4v) is 2.87. The van der Waals surface area contributed by atoms with E-state index in [4.69, 9.17) is 0 Å². The minimum Gasteiger partial charge on any atom is -0.476 e. The number of halogens is 1. The number of aromatic carboxylic acids is 1. The number of aryl methyl sites for hydroxylation is 2. The molecule has 8 heteroatoms. The Balaban J connectivity index is 2.26. The molecule has 3 aromatic rings. The van der Waals surface area contributed by atoms with Gasteiger partial charge in [-0.1, -0.05) is 28.7 Å². The van der Waals surface area contributed by atoms with Crippen LogP contribution in [0.5, 0.6) is 0 Å². The van der Waals surface area contributed by atoms with E-state index in [-0.39, 0.29) is 11.4 Å². The summed E-state index contributed by atoms with van der Waals surface area (Å²) in [5, 5.41) is 17.4. The maximum absolute atomic E-state index is 13.5. The van der Waals surface area contributed by atoms with Gasteiger partial charge in [-0.3, -0.25) is 0 Å². The number of hydrogen-bond acceptors (Lipinski definition) is 5. The van der Waals surface area contributed by atoms with Crippen LogP contribution in [0.1, 0.15) is 21.1 Å². The first kappa shape index (κ1) is 14.3. The lowest BCUT2D eigenvalue weighted by Gasteiger charge is -2.04. The smallest absolute Gasteiger partial charge is 0.358 e. The molecule has 0 bridgehead atoms. The van der Waals surface area contributed by atoms with Gasteiger partial charge < -0.3 is 5.11 Å². The van der Waals surface area contributed by atoms with Gasteiger partial charge in [0.25, 0.3) is 0 Å². The highest BCUT2D eigenvalue weighted by atomic mass is 32.1. The Morgan fingerprint density at radius 2 is 2.14 bits per heavy atom. The van der Waals surface area contributed by atoms with Crippen molar-refractivity contribution < 1.29 is 14.3 Å². The van der Waals surface area contributed by atoms with E-state index in [9.17, 15) is 14.3 Å². The predicted molar refractivity (Wildman–Crippen MR) is 78.9 cm³/mol. The summed E-state index contributed by atoms with van der Waals surface area (Å²) in [5.74, 6) is -1.69. The van der Waals surface area contributed by atoms with Crippen LogP contribution >= 0.6 is 11.3 Å². The van der Waals surface area contributed by atoms with E-state index < -0.39 is 11.8 Å². The molecule has 0 aliphatic heterocycles. The molecule has 0 amide bonds. The summed E-state index contributed by atoms with van der Waals surface area (Å²) in [6.07, 6.45) is 0. The second-order valence-corrected chi connectivity index (χ2v) is 5.83. The molecule has 0 aliphatic rings. The maximum Gasteiger partial charge on any atom is 0.358 e. The van der Waals surface area contributed by atoms with Gasteiger partial charge in [0.05, 0.1) is 5.69 Å². The molecular weight excluding hydrogens is 307 g/mol. The first-order chi connectivity index (χ1) is 10.5. The second kappa shape index (κ2) is 5.30. The summed E-state index contributed by atoms with van der Waals surface area (Å²) < 4.78 is 14.8. The van der Waals surface area contributed by atoms with Crippen molar-refractivity contribution in [3.63, 3.8) is 0 Å². The van der Waals surface area contributed by atoms with Crippen molar-refractivity contribution in [3.8, 4) is 16.4 Å². The number of carboxylic acid groups (broad SMARTS) is 1. The average Bonchev–Trinajstić information content (AvgIpc) is 3.03. The Morgan fingerprint density at radius 1 is 1.36 bits per heavy atom. The molecule has 0 saturated carbocycles. The Kier molecular flexibility index (Phi) is 3.45. The summed E-state index contributed by atoms with van der Waals surface area (Å²) >= 11 is 1.37. The monoisotopic (exact) mass is 318 g/mol. The van der Waals surface area contributed by atoms with E-state index in [2.05, 4.69) is 15.3 Å². The largest absolute Gasteiger partial charge is 0.476 e. The summed E-state index contributed by atoms with van der Waals surface area (Å²) in [5.41, 5.74) is 1.18. The van der Waals surface area contributed by atoms with E-state index in [1.54, 1.807) is 6.07 Å². The van der Waals surface area contributed by atoms with Crippen LogP contribution in [-0.2, 0) is 0 Å². The number of carboxylic acids is 1. The molecule has 0 spiro atoms. The molecule has 112 valence electrons. The maximum atomic E-state index is 13.5. The Morgan fingerprint density at radius 3 is 2.73 bits per heavy atom. The third kappa shape index (κ3) is 2.37. The van der Waals surface area contributed by atoms with Crippen LogP contribution in [-0.4, -0.2) is 31.1 Å². The lowest BCUT2D eigenvalue weighted by Crippen LogP contribution is -2.03. The van der Waals surface area contributed by atoms with Crippen LogP contribution in [0.25, 0.3) is 16.4 Å². The van der Waals surface area contributed by atoms with Gasteiger partial charge >= 0.3 is 5.97 Å². The average molecular weight is 318 g/mol. The number of rotatable bonds is 3. The SMILES string of the molecule is Cc1nc(-n2nnc(C(=O)O)c2-c2cccc(F)c2)sc1C. The molecule has 0 fully saturated rings. The second-order valence-electron chi connectivity index (χ2n) is 4.65. The third-order valence-electron chi connectivity index (χ3n) is 3.17. The summed E-state index contributed by atoms with van der Waals surface area (Å²) in [4.78, 5) is 16.7. The van der Waals surface area contributed by atoms with Crippen LogP contribution in [0.15, 0.2) is 24.3 Å². The normalized spacial score (nSPS) is 10.9. The zero-order valence-corrected chi connectivity index (χ0v) is 12.6. The molecule has 0 saturated heterocycles. The van der Waals surface area contributed by atoms with Gasteiger partial charge in [-0.15, -0.1) is 5.10 Å². The summed E-state index contributed by atoms with van der Waals surface area (Å²) in [6, 6.07) is 5.65. The van der Waals surface area contributed by atoms with Gasteiger partial charge in [-0.2, -0.15) is 4.68 Å². The number of nitrogens with zero attached hydrogens (tertiary/aromatic N) is 4. The highest BCUT2D eigenvalue weighted by Gasteiger charge is 2.23. The summed E-state index contributed by atoms with van der Waals surface area (Å²) in [6.45, 7) is 3.76. The number of hydrogen-bond donors (Lipinski definition) is 1. The molecule has 1 N–H and O–H groups in total. The van der Waals surface area contributed by atoms with E-state index in [1.807, 2.05) is 13.8 Å². The molecule has 3 rings (SSSR count). The van der Waals surface area contributed by atoms with E-state index in [0.29, 0.717) is 10.7 Å². The quantitative estimate of drug-likeness (QED) is 0.803. The zero-order chi connectivity index (χ0) is 15.9. The summed E-state index contributed by atoms with van der Waals surface area (Å²) in [7, 11) is 0. The fourth-order valence-electron chi connectivity index (χ4n) is 2.00. The van der Waals surface area contributed by atoms with Crippen molar-refractivity contribution in [2.75, 3.05) is 0 Å². The van der Waals surface area contributed by atoms with Crippen molar-refractivity contribution in [1.29, 1.82) is 0 Å². The molecule has 0 aliphatic carbocycles. The Hall–Kier alpha value is -2.61. The Bertz CT molecular complexity index is 852. The van der Waals surface area contributed by atoms with Crippen molar-refractivity contribution in [1.82, 2.24) is 20.0 Å². The molecule has 0 unspecified atom stereocenters. The van der Waals surface area contributed by atoms with Crippen molar-refractivity contribution in [2.45, 2.75) is 13.8 Å². The van der Waals surface area contributed by atoms with Gasteiger partial charge in [0.2, 0.25) is 5.13 Å². The van der Waals surface area contributed by atoms with Crippen molar-refractivity contribution >= 4 is 17.3 Å². The lowest BCUT2D eigenvalue weighted by molar-refractivity contribution is 0.0691. The zero-order valence-electron chi connectivity index (χ0n) is 11.7. The standard InChI is InChI=1S/C14H11FN4O2S/c1-7-8(2)22-14(16-7)19-12(11(13(20)21)17-18-19)9-4-3-5-10(15)6-9/h3-6H,1-2H3,(H,20,21).